The molecule has 10 nitrogen and oxygen atoms in total. The molecule has 2 heterocycles. The Hall–Kier alpha value is -4.32. The molecule has 3 aromatic carbocycles. The van der Waals surface area contributed by atoms with E-state index in [4.69, 9.17) is 37.4 Å². The number of halogens is 3. The average molecular weight is 796 g/mol. The summed E-state index contributed by atoms with van der Waals surface area (Å²) < 4.78 is 16.0. The van der Waals surface area contributed by atoms with E-state index in [1.165, 1.54) is 24.1 Å². The largest absolute Gasteiger partial charge is 0.504 e. The van der Waals surface area contributed by atoms with Crippen molar-refractivity contribution in [1.82, 2.24) is 4.90 Å². The molecule has 0 spiro atoms. The summed E-state index contributed by atoms with van der Waals surface area (Å²) in [7, 11) is 4.59. The van der Waals surface area contributed by atoms with Crippen molar-refractivity contribution >= 4 is 80.6 Å². The number of hydrogen-bond acceptors (Lipinski definition) is 8. The van der Waals surface area contributed by atoms with Gasteiger partial charge >= 0.3 is 0 Å². The van der Waals surface area contributed by atoms with E-state index in [1.54, 1.807) is 32.4 Å². The Labute approximate surface area is 312 Å². The Kier molecular flexibility index (Phi) is 8.96. The molecule has 3 aromatic rings. The molecule has 7 rings (SSSR count). The summed E-state index contributed by atoms with van der Waals surface area (Å²) in [4.78, 5) is 54.5. The van der Waals surface area contributed by atoms with Gasteiger partial charge in [0.15, 0.2) is 21.2 Å². The SMILES string of the molecule is COc1ccc(OC)c(C=Cc2ccc(N3C(=O)[C@H]4[C@H](CC=C5[C@H]4C[C@@]4(Cl)C(=O)N(CBr)C(=O)[C@@]4(Cl)[C@H]5c4ccc(OC)c(O)c4)C3=O)cc2)c1. The summed E-state index contributed by atoms with van der Waals surface area (Å²) in [6.45, 7) is 0. The Morgan fingerprint density at radius 1 is 0.863 bits per heavy atom. The molecule has 4 aliphatic rings. The zero-order valence-corrected chi connectivity index (χ0v) is 30.9. The molecule has 264 valence electrons. The zero-order valence-electron chi connectivity index (χ0n) is 27.8. The highest BCUT2D eigenvalue weighted by atomic mass is 79.9. The van der Waals surface area contributed by atoms with Crippen molar-refractivity contribution in [2.75, 3.05) is 31.7 Å². The topological polar surface area (TPSA) is 123 Å². The third-order valence-corrected chi connectivity index (χ3v) is 12.5. The first-order valence-electron chi connectivity index (χ1n) is 16.2. The number of amides is 4. The van der Waals surface area contributed by atoms with Crippen molar-refractivity contribution < 1.29 is 38.5 Å². The number of ether oxygens (including phenoxy) is 3. The Balaban J connectivity index is 1.23. The first-order valence-corrected chi connectivity index (χ1v) is 18.1. The van der Waals surface area contributed by atoms with Gasteiger partial charge in [-0.05, 0) is 72.4 Å². The lowest BCUT2D eigenvalue weighted by Gasteiger charge is -2.50. The molecule has 0 unspecified atom stereocenters. The van der Waals surface area contributed by atoms with Crippen molar-refractivity contribution in [3.8, 4) is 23.0 Å². The third kappa shape index (κ3) is 5.18. The van der Waals surface area contributed by atoms with Gasteiger partial charge in [-0.3, -0.25) is 29.0 Å². The number of phenolic OH excluding ortho intramolecular Hbond substituents is 1. The van der Waals surface area contributed by atoms with Crippen molar-refractivity contribution in [3.05, 3.63) is 89.0 Å². The minimum Gasteiger partial charge on any atom is -0.504 e. The van der Waals surface area contributed by atoms with E-state index in [0.717, 1.165) is 16.0 Å². The highest BCUT2D eigenvalue weighted by Gasteiger charge is 2.76. The maximum atomic E-state index is 14.4. The summed E-state index contributed by atoms with van der Waals surface area (Å²) in [5, 5.41) is 10.8. The van der Waals surface area contributed by atoms with Gasteiger partial charge in [0.25, 0.3) is 11.8 Å². The molecule has 2 aliphatic heterocycles. The van der Waals surface area contributed by atoms with E-state index in [0.29, 0.717) is 28.3 Å². The molecule has 2 aliphatic carbocycles. The summed E-state index contributed by atoms with van der Waals surface area (Å²) in [6.07, 6.45) is 5.70. The molecule has 0 aromatic heterocycles. The molecule has 1 N–H and O–H groups in total. The molecule has 4 amide bonds. The number of benzene rings is 3. The Morgan fingerprint density at radius 3 is 2.22 bits per heavy atom. The van der Waals surface area contributed by atoms with E-state index in [9.17, 15) is 24.3 Å². The number of phenols is 1. The summed E-state index contributed by atoms with van der Waals surface area (Å²) in [5.74, 6) is -4.04. The molecule has 0 radical (unpaired) electrons. The second-order valence-corrected chi connectivity index (χ2v) is 14.7. The normalized spacial score (nSPS) is 28.5. The quantitative estimate of drug-likeness (QED) is 0.0902. The number of nitrogens with zero attached hydrogens (tertiary/aromatic N) is 2. The van der Waals surface area contributed by atoms with Crippen molar-refractivity contribution in [2.24, 2.45) is 17.8 Å². The summed E-state index contributed by atoms with van der Waals surface area (Å²) in [6, 6.07) is 17.2. The molecule has 2 saturated heterocycles. The number of carbonyl (C=O) groups excluding carboxylic acids is 4. The lowest BCUT2D eigenvalue weighted by Crippen LogP contribution is -2.60. The van der Waals surface area contributed by atoms with E-state index < -0.39 is 51.1 Å². The lowest BCUT2D eigenvalue weighted by atomic mass is 9.56. The molecule has 1 saturated carbocycles. The second-order valence-electron chi connectivity index (χ2n) is 13.0. The fraction of sp³-hybridized carbons (Fsp3) is 0.316. The predicted molar refractivity (Wildman–Crippen MR) is 195 cm³/mol. The third-order valence-electron chi connectivity index (χ3n) is 10.6. The van der Waals surface area contributed by atoms with Crippen molar-refractivity contribution in [1.29, 1.82) is 0 Å². The number of methoxy groups -OCH3 is 3. The van der Waals surface area contributed by atoms with Crippen LogP contribution in [0, 0.1) is 17.8 Å². The van der Waals surface area contributed by atoms with Crippen LogP contribution >= 0.6 is 39.1 Å². The monoisotopic (exact) mass is 794 g/mol. The highest BCUT2D eigenvalue weighted by molar-refractivity contribution is 9.09. The van der Waals surface area contributed by atoms with Crippen LogP contribution in [0.15, 0.2) is 72.3 Å². The van der Waals surface area contributed by atoms with Crippen molar-refractivity contribution in [3.63, 3.8) is 0 Å². The second kappa shape index (κ2) is 13.0. The Morgan fingerprint density at radius 2 is 1.57 bits per heavy atom. The first-order chi connectivity index (χ1) is 24.4. The number of carbonyl (C=O) groups is 4. The number of anilines is 1. The van der Waals surface area contributed by atoms with E-state index in [1.807, 2.05) is 48.6 Å². The van der Waals surface area contributed by atoms with Crippen LogP contribution in [0.3, 0.4) is 0 Å². The van der Waals surface area contributed by atoms with Gasteiger partial charge in [0.05, 0.1) is 44.3 Å². The van der Waals surface area contributed by atoms with Gasteiger partial charge in [-0.15, -0.1) is 23.2 Å². The molecular weight excluding hydrogens is 763 g/mol. The van der Waals surface area contributed by atoms with Crippen LogP contribution in [0.5, 0.6) is 23.0 Å². The molecular formula is C38H33BrCl2N2O8. The van der Waals surface area contributed by atoms with Crippen LogP contribution in [0.25, 0.3) is 12.2 Å². The van der Waals surface area contributed by atoms with Crippen LogP contribution in [-0.2, 0) is 19.2 Å². The number of rotatable bonds is 8. The van der Waals surface area contributed by atoms with Gasteiger partial charge in [0, 0.05) is 11.5 Å². The summed E-state index contributed by atoms with van der Waals surface area (Å²) in [5.41, 5.74) is 2.96. The Bertz CT molecular complexity index is 2040. The first kappa shape index (κ1) is 35.1. The van der Waals surface area contributed by atoms with Gasteiger partial charge in [-0.1, -0.05) is 57.9 Å². The van der Waals surface area contributed by atoms with Crippen LogP contribution < -0.4 is 19.1 Å². The predicted octanol–water partition coefficient (Wildman–Crippen LogP) is 6.50. The summed E-state index contributed by atoms with van der Waals surface area (Å²) >= 11 is 17.8. The standard InChI is InChI=1S/C38H33BrCl2N2O8/c1-49-24-11-15-29(50-2)21(16-24)7-4-20-5-9-23(10-6-20)43-33(45)26-13-12-25-27(31(26)34(43)46)18-37(40)35(47)42(19-39)36(48)38(37,41)32(25)22-8-14-30(51-3)28(44)17-22/h4-12,14-17,26-27,31-32,44H,13,18-19H2,1-3H3/t26-,27+,31-,32-,37+,38-/m0/s1. The molecule has 13 heteroatoms. The number of fused-ring (bicyclic) bond motifs is 4. The van der Waals surface area contributed by atoms with Gasteiger partial charge in [-0.25, -0.2) is 0 Å². The number of aromatic hydroxyl groups is 1. The van der Waals surface area contributed by atoms with Gasteiger partial charge in [0.1, 0.15) is 11.5 Å². The number of likely N-dealkylation sites (tertiary alicyclic amines) is 1. The van der Waals surface area contributed by atoms with Gasteiger partial charge in [-0.2, -0.15) is 0 Å². The number of allylic oxidation sites excluding steroid dienone is 2. The van der Waals surface area contributed by atoms with E-state index in [2.05, 4.69) is 15.9 Å². The molecule has 51 heavy (non-hydrogen) atoms. The van der Waals surface area contributed by atoms with Crippen molar-refractivity contribution in [2.45, 2.75) is 28.5 Å². The number of imide groups is 2. The van der Waals surface area contributed by atoms with E-state index in [-0.39, 0.29) is 35.7 Å². The highest BCUT2D eigenvalue weighted by Crippen LogP contribution is 2.65. The number of alkyl halides is 3. The smallest absolute Gasteiger partial charge is 0.254 e. The maximum Gasteiger partial charge on any atom is 0.254 e. The average Bonchev–Trinajstić information content (AvgIpc) is 3.47. The van der Waals surface area contributed by atoms with Crippen LogP contribution in [-0.4, -0.2) is 70.2 Å². The van der Waals surface area contributed by atoms with Gasteiger partial charge in [0.2, 0.25) is 11.8 Å². The van der Waals surface area contributed by atoms with Gasteiger partial charge < -0.3 is 19.3 Å². The molecule has 3 fully saturated rings. The fourth-order valence-electron chi connectivity index (χ4n) is 8.16. The lowest BCUT2D eigenvalue weighted by molar-refractivity contribution is -0.138. The minimum atomic E-state index is -1.97. The maximum absolute atomic E-state index is 14.4. The molecule has 0 bridgehead atoms. The molecule has 6 atom stereocenters. The van der Waals surface area contributed by atoms with Crippen LogP contribution in [0.4, 0.5) is 5.69 Å². The van der Waals surface area contributed by atoms with E-state index >= 15 is 0 Å². The van der Waals surface area contributed by atoms with Crippen LogP contribution in [0.2, 0.25) is 0 Å². The fourth-order valence-corrected chi connectivity index (χ4v) is 9.58. The number of hydrogen-bond donors (Lipinski definition) is 1. The minimum absolute atomic E-state index is 0.132. The van der Waals surface area contributed by atoms with Crippen LogP contribution in [0.1, 0.15) is 35.4 Å². The zero-order chi connectivity index (χ0) is 36.4.